The van der Waals surface area contributed by atoms with E-state index in [4.69, 9.17) is 0 Å². The van der Waals surface area contributed by atoms with Gasteiger partial charge in [-0.3, -0.25) is 0 Å². The predicted octanol–water partition coefficient (Wildman–Crippen LogP) is 3.26. The normalized spacial score (nSPS) is 30.0. The molecule has 1 saturated carbocycles. The molecule has 1 spiro atoms. The summed E-state index contributed by atoms with van der Waals surface area (Å²) in [7, 11) is -3.28. The number of aryl methyl sites for hydroxylation is 1. The van der Waals surface area contributed by atoms with Gasteiger partial charge >= 0.3 is 0 Å². The molecule has 114 valence electrons. The number of fused-ring (bicyclic) bond motifs is 2. The standard InChI is InChI=1S/C17H23NO2S/c1-13-5-6-16-14(9-13)10-15-11-17(7-3-2-4-8-17)12-18(15)21(16,19)20/h5-6,9,15H,2-4,7-8,10-12H2,1H3/t15-/m1/s1. The molecule has 21 heavy (non-hydrogen) atoms. The third-order valence-corrected chi connectivity index (χ3v) is 7.74. The Morgan fingerprint density at radius 2 is 1.95 bits per heavy atom. The molecule has 3 nitrogen and oxygen atoms in total. The van der Waals surface area contributed by atoms with Gasteiger partial charge in [-0.2, -0.15) is 4.31 Å². The maximum Gasteiger partial charge on any atom is 0.243 e. The van der Waals surface area contributed by atoms with Crippen molar-refractivity contribution in [3.63, 3.8) is 0 Å². The van der Waals surface area contributed by atoms with Crippen LogP contribution in [-0.4, -0.2) is 25.3 Å². The van der Waals surface area contributed by atoms with Crippen LogP contribution in [0.2, 0.25) is 0 Å². The van der Waals surface area contributed by atoms with Gasteiger partial charge in [0.25, 0.3) is 0 Å². The molecule has 3 aliphatic rings. The molecule has 4 heteroatoms. The number of nitrogens with zero attached hydrogens (tertiary/aromatic N) is 1. The maximum atomic E-state index is 12.9. The zero-order chi connectivity index (χ0) is 14.7. The van der Waals surface area contributed by atoms with Crippen molar-refractivity contribution < 1.29 is 8.42 Å². The van der Waals surface area contributed by atoms with E-state index in [0.29, 0.717) is 4.90 Å². The molecule has 1 aromatic carbocycles. The Bertz CT molecular complexity index is 674. The van der Waals surface area contributed by atoms with Crippen molar-refractivity contribution in [1.29, 1.82) is 0 Å². The second-order valence-corrected chi connectivity index (χ2v) is 9.14. The van der Waals surface area contributed by atoms with E-state index in [1.807, 2.05) is 23.4 Å². The van der Waals surface area contributed by atoms with Gasteiger partial charge < -0.3 is 0 Å². The number of hydrogen-bond acceptors (Lipinski definition) is 2. The molecule has 2 heterocycles. The molecule has 2 aliphatic heterocycles. The Balaban J connectivity index is 1.74. The molecule has 1 aromatic rings. The minimum atomic E-state index is -3.28. The SMILES string of the molecule is Cc1ccc2c(c1)C[C@@H]1CC3(CCCCC3)CN1S2(=O)=O. The summed E-state index contributed by atoms with van der Waals surface area (Å²) in [6.45, 7) is 2.80. The van der Waals surface area contributed by atoms with Crippen molar-refractivity contribution in [2.45, 2.75) is 62.8 Å². The first kappa shape index (κ1) is 13.8. The first-order valence-corrected chi connectivity index (χ1v) is 9.56. The van der Waals surface area contributed by atoms with Crippen molar-refractivity contribution in [2.75, 3.05) is 6.54 Å². The molecule has 4 rings (SSSR count). The summed E-state index contributed by atoms with van der Waals surface area (Å²) in [5.74, 6) is 0. The van der Waals surface area contributed by atoms with Crippen molar-refractivity contribution >= 4 is 10.0 Å². The molecule has 1 saturated heterocycles. The zero-order valence-electron chi connectivity index (χ0n) is 12.6. The molecule has 0 bridgehead atoms. The first-order valence-electron chi connectivity index (χ1n) is 8.12. The summed E-state index contributed by atoms with van der Waals surface area (Å²) in [5.41, 5.74) is 2.46. The van der Waals surface area contributed by atoms with E-state index in [1.54, 1.807) is 0 Å². The van der Waals surface area contributed by atoms with E-state index < -0.39 is 10.0 Å². The second kappa shape index (κ2) is 4.56. The van der Waals surface area contributed by atoms with Crippen LogP contribution in [0.5, 0.6) is 0 Å². The third kappa shape index (κ3) is 2.07. The van der Waals surface area contributed by atoms with Crippen LogP contribution >= 0.6 is 0 Å². The summed E-state index contributed by atoms with van der Waals surface area (Å²) in [6, 6.07) is 5.99. The topological polar surface area (TPSA) is 37.4 Å². The van der Waals surface area contributed by atoms with Crippen LogP contribution in [0.25, 0.3) is 0 Å². The number of sulfonamides is 1. The molecule has 0 amide bonds. The van der Waals surface area contributed by atoms with Crippen LogP contribution in [0.4, 0.5) is 0 Å². The van der Waals surface area contributed by atoms with Gasteiger partial charge in [0.2, 0.25) is 10.0 Å². The van der Waals surface area contributed by atoms with Gasteiger partial charge in [-0.25, -0.2) is 8.42 Å². The van der Waals surface area contributed by atoms with E-state index in [0.717, 1.165) is 30.5 Å². The molecule has 0 radical (unpaired) electrons. The van der Waals surface area contributed by atoms with Gasteiger partial charge in [0, 0.05) is 12.6 Å². The van der Waals surface area contributed by atoms with E-state index in [1.165, 1.54) is 32.1 Å². The Morgan fingerprint density at radius 1 is 1.19 bits per heavy atom. The Morgan fingerprint density at radius 3 is 2.71 bits per heavy atom. The maximum absolute atomic E-state index is 12.9. The highest BCUT2D eigenvalue weighted by molar-refractivity contribution is 7.89. The smallest absolute Gasteiger partial charge is 0.207 e. The van der Waals surface area contributed by atoms with Crippen molar-refractivity contribution in [3.8, 4) is 0 Å². The molecule has 0 N–H and O–H groups in total. The van der Waals surface area contributed by atoms with Gasteiger partial charge in [0.05, 0.1) is 4.90 Å². The summed E-state index contributed by atoms with van der Waals surface area (Å²) in [6.07, 6.45) is 8.26. The summed E-state index contributed by atoms with van der Waals surface area (Å²) < 4.78 is 27.7. The highest BCUT2D eigenvalue weighted by atomic mass is 32.2. The quantitative estimate of drug-likeness (QED) is 0.738. The largest absolute Gasteiger partial charge is 0.243 e. The third-order valence-electron chi connectivity index (χ3n) is 5.74. The molecule has 1 aliphatic carbocycles. The van der Waals surface area contributed by atoms with Gasteiger partial charge in [0.15, 0.2) is 0 Å². The summed E-state index contributed by atoms with van der Waals surface area (Å²) in [5, 5.41) is 0. The lowest BCUT2D eigenvalue weighted by Gasteiger charge is -2.33. The lowest BCUT2D eigenvalue weighted by Crippen LogP contribution is -2.41. The van der Waals surface area contributed by atoms with Crippen LogP contribution in [-0.2, 0) is 16.4 Å². The van der Waals surface area contributed by atoms with E-state index in [-0.39, 0.29) is 11.5 Å². The first-order chi connectivity index (χ1) is 10.0. The highest BCUT2D eigenvalue weighted by Gasteiger charge is 2.51. The fraction of sp³-hybridized carbons (Fsp3) is 0.647. The number of benzene rings is 1. The van der Waals surface area contributed by atoms with Gasteiger partial charge in [0.1, 0.15) is 0 Å². The van der Waals surface area contributed by atoms with Crippen molar-refractivity contribution in [1.82, 2.24) is 4.31 Å². The van der Waals surface area contributed by atoms with E-state index in [2.05, 4.69) is 6.07 Å². The van der Waals surface area contributed by atoms with Crippen molar-refractivity contribution in [2.24, 2.45) is 5.41 Å². The summed E-state index contributed by atoms with van der Waals surface area (Å²) >= 11 is 0. The lowest BCUT2D eigenvalue weighted by atomic mass is 9.72. The van der Waals surface area contributed by atoms with Crippen LogP contribution < -0.4 is 0 Å². The number of rotatable bonds is 0. The van der Waals surface area contributed by atoms with Gasteiger partial charge in [-0.15, -0.1) is 0 Å². The van der Waals surface area contributed by atoms with Crippen molar-refractivity contribution in [3.05, 3.63) is 29.3 Å². The van der Waals surface area contributed by atoms with Gasteiger partial charge in [-0.1, -0.05) is 37.0 Å². The fourth-order valence-electron chi connectivity index (χ4n) is 4.74. The fourth-order valence-corrected chi connectivity index (χ4v) is 6.70. The second-order valence-electron chi connectivity index (χ2n) is 7.28. The molecule has 2 fully saturated rings. The molecule has 0 aromatic heterocycles. The van der Waals surface area contributed by atoms with Crippen LogP contribution in [0.3, 0.4) is 0 Å². The Kier molecular flexibility index (Phi) is 2.99. The van der Waals surface area contributed by atoms with Crippen LogP contribution in [0.15, 0.2) is 23.1 Å². The summed E-state index contributed by atoms with van der Waals surface area (Å²) in [4.78, 5) is 0.553. The van der Waals surface area contributed by atoms with Crippen LogP contribution in [0.1, 0.15) is 49.7 Å². The van der Waals surface area contributed by atoms with Crippen LogP contribution in [0, 0.1) is 12.3 Å². The molecular weight excluding hydrogens is 282 g/mol. The molecule has 0 unspecified atom stereocenters. The monoisotopic (exact) mass is 305 g/mol. The zero-order valence-corrected chi connectivity index (χ0v) is 13.5. The van der Waals surface area contributed by atoms with E-state index >= 15 is 0 Å². The average Bonchev–Trinajstić information content (AvgIpc) is 2.78. The van der Waals surface area contributed by atoms with Gasteiger partial charge in [-0.05, 0) is 49.7 Å². The minimum Gasteiger partial charge on any atom is -0.207 e. The van der Waals surface area contributed by atoms with E-state index in [9.17, 15) is 8.42 Å². The predicted molar refractivity (Wildman–Crippen MR) is 82.7 cm³/mol. The minimum absolute atomic E-state index is 0.197. The lowest BCUT2D eigenvalue weighted by molar-refractivity contribution is 0.205. The molecule has 1 atom stereocenters. The average molecular weight is 305 g/mol. The Hall–Kier alpha value is -0.870. The molecular formula is C17H23NO2S. The Labute approximate surface area is 127 Å². The highest BCUT2D eigenvalue weighted by Crippen LogP contribution is 2.50. The number of hydrogen-bond donors (Lipinski definition) is 0.